The lowest BCUT2D eigenvalue weighted by Gasteiger charge is -2.26. The third-order valence-electron chi connectivity index (χ3n) is 2.28. The summed E-state index contributed by atoms with van der Waals surface area (Å²) >= 11 is 0. The van der Waals surface area contributed by atoms with E-state index in [9.17, 15) is 4.79 Å². The molecule has 0 radical (unpaired) electrons. The second-order valence-electron chi connectivity index (χ2n) is 3.69. The van der Waals surface area contributed by atoms with Crippen LogP contribution in [0.25, 0.3) is 0 Å². The van der Waals surface area contributed by atoms with Crippen LogP contribution in [0.4, 0.5) is 4.79 Å². The van der Waals surface area contributed by atoms with E-state index in [1.807, 2.05) is 13.8 Å². The molecule has 0 bridgehead atoms. The van der Waals surface area contributed by atoms with Gasteiger partial charge in [0.25, 0.3) is 0 Å². The molecule has 0 spiro atoms. The number of aliphatic imine (C=N–C) groups is 1. The molecule has 0 saturated heterocycles. The highest BCUT2D eigenvalue weighted by Gasteiger charge is 2.34. The minimum Gasteiger partial charge on any atom is -0.385 e. The van der Waals surface area contributed by atoms with Crippen molar-refractivity contribution in [2.75, 3.05) is 20.3 Å². The number of nitrogens with two attached hydrogens (primary N) is 1. The highest BCUT2D eigenvalue weighted by molar-refractivity contribution is 6.02. The van der Waals surface area contributed by atoms with Crippen molar-refractivity contribution in [1.29, 1.82) is 0 Å². The Balaban J connectivity index is 2.68. The van der Waals surface area contributed by atoms with Crippen LogP contribution in [0.1, 0.15) is 13.8 Å². The van der Waals surface area contributed by atoms with Crippen LogP contribution >= 0.6 is 0 Å². The molecule has 1 heterocycles. The molecule has 1 aliphatic heterocycles. The van der Waals surface area contributed by atoms with Crippen molar-refractivity contribution in [3.8, 4) is 0 Å². The fourth-order valence-corrected chi connectivity index (χ4v) is 1.65. The number of carbonyl (C=O) groups excluding carboxylic acids is 1. The molecule has 0 aliphatic carbocycles. The first kappa shape index (κ1) is 11.0. The molecular formula is C9H17N3O2. The average molecular weight is 199 g/mol. The maximum absolute atomic E-state index is 11.4. The SMILES string of the molecule is COCCN1C(=O)N=C(N)C1C(C)C. The number of hydrogen-bond acceptors (Lipinski definition) is 3. The van der Waals surface area contributed by atoms with Crippen molar-refractivity contribution < 1.29 is 9.53 Å². The van der Waals surface area contributed by atoms with Crippen LogP contribution in [0.5, 0.6) is 0 Å². The van der Waals surface area contributed by atoms with Gasteiger partial charge in [0, 0.05) is 13.7 Å². The first-order chi connectivity index (χ1) is 6.57. The van der Waals surface area contributed by atoms with E-state index >= 15 is 0 Å². The summed E-state index contributed by atoms with van der Waals surface area (Å²) in [4.78, 5) is 16.8. The number of ether oxygens (including phenoxy) is 1. The zero-order valence-electron chi connectivity index (χ0n) is 8.86. The zero-order valence-corrected chi connectivity index (χ0v) is 8.86. The normalized spacial score (nSPS) is 22.0. The summed E-state index contributed by atoms with van der Waals surface area (Å²) in [6, 6.07) is -0.323. The number of methoxy groups -OCH3 is 1. The molecule has 0 saturated carbocycles. The average Bonchev–Trinajstić information content (AvgIpc) is 2.37. The van der Waals surface area contributed by atoms with E-state index in [1.54, 1.807) is 12.0 Å². The van der Waals surface area contributed by atoms with Gasteiger partial charge >= 0.3 is 6.03 Å². The standard InChI is InChI=1S/C9H17N3O2/c1-6(2)7-8(10)11-9(13)12(7)4-5-14-3/h6-7H,4-5H2,1-3H3,(H2,10,11,13). The molecular weight excluding hydrogens is 182 g/mol. The largest absolute Gasteiger partial charge is 0.385 e. The summed E-state index contributed by atoms with van der Waals surface area (Å²) in [6.45, 7) is 5.09. The van der Waals surface area contributed by atoms with Crippen LogP contribution in [-0.4, -0.2) is 43.1 Å². The minimum atomic E-state index is -0.252. The van der Waals surface area contributed by atoms with Crippen LogP contribution in [0.2, 0.25) is 0 Å². The Kier molecular flexibility index (Phi) is 3.46. The van der Waals surface area contributed by atoms with Gasteiger partial charge in [0.1, 0.15) is 5.84 Å². The van der Waals surface area contributed by atoms with Crippen molar-refractivity contribution in [1.82, 2.24) is 4.90 Å². The lowest BCUT2D eigenvalue weighted by atomic mass is 10.0. The van der Waals surface area contributed by atoms with Gasteiger partial charge in [-0.05, 0) is 5.92 Å². The van der Waals surface area contributed by atoms with Gasteiger partial charge in [0.2, 0.25) is 0 Å². The summed E-state index contributed by atoms with van der Waals surface area (Å²) in [5.41, 5.74) is 5.68. The summed E-state index contributed by atoms with van der Waals surface area (Å²) in [7, 11) is 1.61. The predicted octanol–water partition coefficient (Wildman–Crippen LogP) is 0.450. The molecule has 0 fully saturated rings. The van der Waals surface area contributed by atoms with Gasteiger partial charge in [-0.1, -0.05) is 13.8 Å². The molecule has 1 rings (SSSR count). The molecule has 1 atom stereocenters. The topological polar surface area (TPSA) is 67.9 Å². The second-order valence-corrected chi connectivity index (χ2v) is 3.69. The van der Waals surface area contributed by atoms with E-state index in [0.717, 1.165) is 0 Å². The lowest BCUT2D eigenvalue weighted by Crippen LogP contribution is -2.45. The maximum Gasteiger partial charge on any atom is 0.345 e. The first-order valence-electron chi connectivity index (χ1n) is 4.71. The highest BCUT2D eigenvalue weighted by Crippen LogP contribution is 2.17. The van der Waals surface area contributed by atoms with Gasteiger partial charge in [0.05, 0.1) is 12.6 Å². The van der Waals surface area contributed by atoms with E-state index in [-0.39, 0.29) is 18.0 Å². The first-order valence-corrected chi connectivity index (χ1v) is 4.71. The summed E-state index contributed by atoms with van der Waals surface area (Å²) in [5, 5.41) is 0. The number of carbonyl (C=O) groups is 1. The molecule has 5 heteroatoms. The minimum absolute atomic E-state index is 0.0716. The van der Waals surface area contributed by atoms with Crippen LogP contribution in [-0.2, 0) is 4.74 Å². The van der Waals surface area contributed by atoms with Gasteiger partial charge in [-0.15, -0.1) is 0 Å². The van der Waals surface area contributed by atoms with E-state index in [2.05, 4.69) is 4.99 Å². The zero-order chi connectivity index (χ0) is 10.7. The molecule has 5 nitrogen and oxygen atoms in total. The monoisotopic (exact) mass is 199 g/mol. The van der Waals surface area contributed by atoms with E-state index in [4.69, 9.17) is 10.5 Å². The Hall–Kier alpha value is -1.10. The van der Waals surface area contributed by atoms with Crippen molar-refractivity contribution in [2.45, 2.75) is 19.9 Å². The van der Waals surface area contributed by atoms with E-state index in [1.165, 1.54) is 0 Å². The third kappa shape index (κ3) is 2.04. The molecule has 2 N–H and O–H groups in total. The Morgan fingerprint density at radius 1 is 1.64 bits per heavy atom. The van der Waals surface area contributed by atoms with Crippen LogP contribution in [0.3, 0.4) is 0 Å². The lowest BCUT2D eigenvalue weighted by molar-refractivity contribution is 0.142. The van der Waals surface area contributed by atoms with Crippen molar-refractivity contribution >= 4 is 11.9 Å². The third-order valence-corrected chi connectivity index (χ3v) is 2.28. The van der Waals surface area contributed by atoms with Crippen molar-refractivity contribution in [2.24, 2.45) is 16.6 Å². The summed E-state index contributed by atoms with van der Waals surface area (Å²) in [6.07, 6.45) is 0. The van der Waals surface area contributed by atoms with Gasteiger partial charge in [-0.3, -0.25) is 0 Å². The molecule has 14 heavy (non-hydrogen) atoms. The number of urea groups is 1. The van der Waals surface area contributed by atoms with E-state index in [0.29, 0.717) is 19.0 Å². The molecule has 0 aromatic carbocycles. The Labute approximate surface area is 83.9 Å². The van der Waals surface area contributed by atoms with Gasteiger partial charge in [0.15, 0.2) is 0 Å². The number of amides is 2. The molecule has 1 aliphatic rings. The molecule has 80 valence electrons. The predicted molar refractivity (Wildman–Crippen MR) is 54.2 cm³/mol. The summed E-state index contributed by atoms with van der Waals surface area (Å²) < 4.78 is 4.93. The molecule has 0 aromatic heterocycles. The van der Waals surface area contributed by atoms with Crippen LogP contribution in [0.15, 0.2) is 4.99 Å². The van der Waals surface area contributed by atoms with Crippen LogP contribution < -0.4 is 5.73 Å². The smallest absolute Gasteiger partial charge is 0.345 e. The van der Waals surface area contributed by atoms with Crippen molar-refractivity contribution in [3.05, 3.63) is 0 Å². The Bertz CT molecular complexity index is 250. The molecule has 2 amide bonds. The van der Waals surface area contributed by atoms with Gasteiger partial charge in [-0.25, -0.2) is 4.79 Å². The van der Waals surface area contributed by atoms with Gasteiger partial charge in [-0.2, -0.15) is 4.99 Å². The summed E-state index contributed by atoms with van der Waals surface area (Å²) in [5.74, 6) is 0.697. The second kappa shape index (κ2) is 4.41. The fraction of sp³-hybridized carbons (Fsp3) is 0.778. The van der Waals surface area contributed by atoms with Gasteiger partial charge < -0.3 is 15.4 Å². The fourth-order valence-electron chi connectivity index (χ4n) is 1.65. The maximum atomic E-state index is 11.4. The number of amidine groups is 1. The number of rotatable bonds is 4. The van der Waals surface area contributed by atoms with Crippen molar-refractivity contribution in [3.63, 3.8) is 0 Å². The Morgan fingerprint density at radius 3 is 2.79 bits per heavy atom. The number of hydrogen-bond donors (Lipinski definition) is 1. The number of nitrogens with zero attached hydrogens (tertiary/aromatic N) is 2. The van der Waals surface area contributed by atoms with Crippen LogP contribution in [0, 0.1) is 5.92 Å². The Morgan fingerprint density at radius 2 is 2.29 bits per heavy atom. The highest BCUT2D eigenvalue weighted by atomic mass is 16.5. The quantitative estimate of drug-likeness (QED) is 0.714. The molecule has 1 unspecified atom stereocenters. The van der Waals surface area contributed by atoms with E-state index < -0.39 is 0 Å². The molecule has 0 aromatic rings.